The van der Waals surface area contributed by atoms with E-state index in [9.17, 15) is 4.79 Å². The first-order valence-corrected chi connectivity index (χ1v) is 2.92. The van der Waals surface area contributed by atoms with Gasteiger partial charge in [0.25, 0.3) is 5.95 Å². The molecule has 0 aliphatic carbocycles. The number of carbonyl (C=O) groups is 1. The fourth-order valence-electron chi connectivity index (χ4n) is 0.308. The summed E-state index contributed by atoms with van der Waals surface area (Å²) in [5, 5.41) is 0. The Hall–Kier alpha value is -1.51. The molecule has 3 heteroatoms. The quantitative estimate of drug-likeness (QED) is 0.351. The molecule has 0 saturated carbocycles. The largest absolute Gasteiger partial charge is 0.435 e. The molecule has 0 bridgehead atoms. The zero-order valence-electron chi connectivity index (χ0n) is 6.42. The number of hydrogen-bond donors (Lipinski definition) is 0. The molecular formula is C8H10O3. The van der Waals surface area contributed by atoms with Crippen molar-refractivity contribution >= 4 is 5.97 Å². The van der Waals surface area contributed by atoms with Gasteiger partial charge >= 0.3 is 5.97 Å². The summed E-state index contributed by atoms with van der Waals surface area (Å²) in [7, 11) is 0. The van der Waals surface area contributed by atoms with Crippen LogP contribution in [0.5, 0.6) is 0 Å². The molecule has 0 spiro atoms. The normalized spacial score (nSPS) is 8.09. The van der Waals surface area contributed by atoms with Gasteiger partial charge in [-0.3, -0.25) is 0 Å². The van der Waals surface area contributed by atoms with Crippen molar-refractivity contribution in [3.05, 3.63) is 37.5 Å². The lowest BCUT2D eigenvalue weighted by Crippen LogP contribution is -2.04. The Balaban J connectivity index is 3.85. The van der Waals surface area contributed by atoms with E-state index in [-0.39, 0.29) is 5.95 Å². The summed E-state index contributed by atoms with van der Waals surface area (Å²) in [4.78, 5) is 10.7. The molecule has 0 aromatic heterocycles. The lowest BCUT2D eigenvalue weighted by molar-refractivity contribution is -0.138. The monoisotopic (exact) mass is 154 g/mol. The van der Waals surface area contributed by atoms with Gasteiger partial charge in [-0.1, -0.05) is 13.2 Å². The molecule has 0 radical (unpaired) electrons. The van der Waals surface area contributed by atoms with Gasteiger partial charge < -0.3 is 9.47 Å². The van der Waals surface area contributed by atoms with Crippen LogP contribution in [0.4, 0.5) is 0 Å². The molecule has 0 aliphatic heterocycles. The van der Waals surface area contributed by atoms with Crippen LogP contribution in [0.1, 0.15) is 6.92 Å². The van der Waals surface area contributed by atoms with Crippen molar-refractivity contribution in [2.75, 3.05) is 0 Å². The van der Waals surface area contributed by atoms with Gasteiger partial charge in [-0.05, 0) is 13.5 Å². The maximum absolute atomic E-state index is 10.7. The van der Waals surface area contributed by atoms with Gasteiger partial charge in [0.05, 0.1) is 6.26 Å². The third kappa shape index (κ3) is 3.97. The van der Waals surface area contributed by atoms with Crippen LogP contribution < -0.4 is 0 Å². The van der Waals surface area contributed by atoms with E-state index in [4.69, 9.17) is 0 Å². The van der Waals surface area contributed by atoms with Crippen molar-refractivity contribution < 1.29 is 14.3 Å². The van der Waals surface area contributed by atoms with Gasteiger partial charge in [-0.2, -0.15) is 0 Å². The van der Waals surface area contributed by atoms with E-state index in [2.05, 4.69) is 29.2 Å². The highest BCUT2D eigenvalue weighted by Gasteiger charge is 2.04. The molecule has 0 aromatic carbocycles. The molecule has 0 atom stereocenters. The summed E-state index contributed by atoms with van der Waals surface area (Å²) in [6, 6.07) is 0. The van der Waals surface area contributed by atoms with Gasteiger partial charge in [-0.15, -0.1) is 0 Å². The summed E-state index contributed by atoms with van der Waals surface area (Å²) in [5.41, 5.74) is 0.291. The second kappa shape index (κ2) is 4.33. The van der Waals surface area contributed by atoms with Gasteiger partial charge in [0, 0.05) is 5.57 Å². The zero-order valence-corrected chi connectivity index (χ0v) is 6.42. The smallest absolute Gasteiger partial charge is 0.340 e. The zero-order chi connectivity index (χ0) is 8.85. The van der Waals surface area contributed by atoms with Crippen molar-refractivity contribution in [3.8, 4) is 0 Å². The first-order chi connectivity index (χ1) is 5.07. The molecule has 0 fully saturated rings. The highest BCUT2D eigenvalue weighted by Crippen LogP contribution is 2.01. The summed E-state index contributed by atoms with van der Waals surface area (Å²) in [5.74, 6) is -0.662. The summed E-state index contributed by atoms with van der Waals surface area (Å²) in [6.07, 6.45) is 1.12. The molecule has 0 N–H and O–H groups in total. The molecule has 0 heterocycles. The Morgan fingerprint density at radius 1 is 1.45 bits per heavy atom. The summed E-state index contributed by atoms with van der Waals surface area (Å²) >= 11 is 0. The predicted octanol–water partition coefficient (Wildman–Crippen LogP) is 1.74. The topological polar surface area (TPSA) is 35.5 Å². The Kier molecular flexibility index (Phi) is 3.73. The number of esters is 1. The average molecular weight is 154 g/mol. The second-order valence-electron chi connectivity index (χ2n) is 1.83. The molecule has 0 saturated heterocycles. The Bertz CT molecular complexity index is 203. The number of rotatable bonds is 4. The molecule has 0 unspecified atom stereocenters. The van der Waals surface area contributed by atoms with Crippen molar-refractivity contribution in [2.45, 2.75) is 6.92 Å². The maximum atomic E-state index is 10.7. The molecule has 11 heavy (non-hydrogen) atoms. The highest BCUT2D eigenvalue weighted by molar-refractivity contribution is 5.87. The SMILES string of the molecule is C=COC(=C)OC(=O)C(=C)C. The van der Waals surface area contributed by atoms with Crippen molar-refractivity contribution in [2.24, 2.45) is 0 Å². The van der Waals surface area contributed by atoms with Gasteiger partial charge in [0.15, 0.2) is 0 Å². The Labute approximate surface area is 65.6 Å². The Morgan fingerprint density at radius 2 is 2.00 bits per heavy atom. The van der Waals surface area contributed by atoms with Crippen LogP contribution in [0.15, 0.2) is 37.5 Å². The minimum absolute atomic E-state index is 0.104. The first-order valence-electron chi connectivity index (χ1n) is 2.92. The van der Waals surface area contributed by atoms with Crippen LogP contribution in [0, 0.1) is 0 Å². The van der Waals surface area contributed by atoms with E-state index in [1.807, 2.05) is 0 Å². The van der Waals surface area contributed by atoms with E-state index in [1.54, 1.807) is 0 Å². The standard InChI is InChI=1S/C8H10O3/c1-5-10-7(4)11-8(9)6(2)3/h5H,1-2,4H2,3H3. The third-order valence-electron chi connectivity index (χ3n) is 0.770. The summed E-state index contributed by atoms with van der Waals surface area (Å²) in [6.45, 7) is 11.4. The molecular weight excluding hydrogens is 144 g/mol. The molecule has 0 aliphatic rings. The Morgan fingerprint density at radius 3 is 2.36 bits per heavy atom. The minimum atomic E-state index is -0.558. The molecule has 0 rings (SSSR count). The molecule has 0 aromatic rings. The van der Waals surface area contributed by atoms with E-state index in [0.29, 0.717) is 5.57 Å². The van der Waals surface area contributed by atoms with Crippen molar-refractivity contribution in [3.63, 3.8) is 0 Å². The number of hydrogen-bond acceptors (Lipinski definition) is 3. The van der Waals surface area contributed by atoms with Crippen LogP contribution in [0.2, 0.25) is 0 Å². The van der Waals surface area contributed by atoms with Crippen LogP contribution in [0.3, 0.4) is 0 Å². The lowest BCUT2D eigenvalue weighted by Gasteiger charge is -2.03. The van der Waals surface area contributed by atoms with Crippen LogP contribution in [-0.2, 0) is 14.3 Å². The lowest BCUT2D eigenvalue weighted by atomic mass is 10.4. The summed E-state index contributed by atoms with van der Waals surface area (Å²) < 4.78 is 9.07. The van der Waals surface area contributed by atoms with Crippen molar-refractivity contribution in [1.29, 1.82) is 0 Å². The molecule has 0 amide bonds. The van der Waals surface area contributed by atoms with Crippen LogP contribution in [-0.4, -0.2) is 5.97 Å². The van der Waals surface area contributed by atoms with E-state index < -0.39 is 5.97 Å². The van der Waals surface area contributed by atoms with E-state index in [0.717, 1.165) is 6.26 Å². The highest BCUT2D eigenvalue weighted by atomic mass is 16.7. The third-order valence-corrected chi connectivity index (χ3v) is 0.770. The van der Waals surface area contributed by atoms with E-state index >= 15 is 0 Å². The predicted molar refractivity (Wildman–Crippen MR) is 41.3 cm³/mol. The minimum Gasteiger partial charge on any atom is -0.435 e. The van der Waals surface area contributed by atoms with Crippen LogP contribution in [0.25, 0.3) is 0 Å². The first kappa shape index (κ1) is 9.49. The maximum Gasteiger partial charge on any atom is 0.340 e. The number of carbonyl (C=O) groups excluding carboxylic acids is 1. The fourth-order valence-corrected chi connectivity index (χ4v) is 0.308. The average Bonchev–Trinajstić information content (AvgIpc) is 1.87. The van der Waals surface area contributed by atoms with Crippen LogP contribution >= 0.6 is 0 Å². The van der Waals surface area contributed by atoms with Gasteiger partial charge in [-0.25, -0.2) is 4.79 Å². The van der Waals surface area contributed by atoms with E-state index in [1.165, 1.54) is 6.92 Å². The molecule has 3 nitrogen and oxygen atoms in total. The fraction of sp³-hybridized carbons (Fsp3) is 0.125. The molecule has 60 valence electrons. The van der Waals surface area contributed by atoms with Gasteiger partial charge in [0.1, 0.15) is 0 Å². The second-order valence-corrected chi connectivity index (χ2v) is 1.83. The number of ether oxygens (including phenoxy) is 2. The van der Waals surface area contributed by atoms with Gasteiger partial charge in [0.2, 0.25) is 0 Å². The van der Waals surface area contributed by atoms with Crippen molar-refractivity contribution in [1.82, 2.24) is 0 Å².